The maximum atomic E-state index is 12.5. The highest BCUT2D eigenvalue weighted by Crippen LogP contribution is 2.44. The summed E-state index contributed by atoms with van der Waals surface area (Å²) in [5, 5.41) is 0. The molecule has 19 heavy (non-hydrogen) atoms. The van der Waals surface area contributed by atoms with Crippen LogP contribution >= 0.6 is 0 Å². The van der Waals surface area contributed by atoms with Gasteiger partial charge in [0.15, 0.2) is 0 Å². The standard InChI is InChI=1S/C15H21NO2S/c1-10-3-4-11(2)15(7-10)19(17,18)16-14-9-12-5-6-13(14)8-12/h3-4,7,12-14,16H,5-6,8-9H2,1-2H3/t12-,13+,14+/m0/s1. The highest BCUT2D eigenvalue weighted by Gasteiger charge is 2.41. The first-order chi connectivity index (χ1) is 8.95. The lowest BCUT2D eigenvalue weighted by molar-refractivity contribution is 0.390. The van der Waals surface area contributed by atoms with Gasteiger partial charge in [0.2, 0.25) is 10.0 Å². The molecule has 1 aromatic rings. The number of benzene rings is 1. The normalized spacial score (nSPS) is 29.9. The summed E-state index contributed by atoms with van der Waals surface area (Å²) in [5.74, 6) is 1.31. The molecule has 2 saturated carbocycles. The molecule has 1 aromatic carbocycles. The molecule has 3 rings (SSSR count). The maximum absolute atomic E-state index is 12.5. The van der Waals surface area contributed by atoms with E-state index < -0.39 is 10.0 Å². The average Bonchev–Trinajstić information content (AvgIpc) is 2.93. The summed E-state index contributed by atoms with van der Waals surface area (Å²) in [4.78, 5) is 0.440. The summed E-state index contributed by atoms with van der Waals surface area (Å²) >= 11 is 0. The van der Waals surface area contributed by atoms with E-state index >= 15 is 0 Å². The molecule has 0 amide bonds. The van der Waals surface area contributed by atoms with Crippen molar-refractivity contribution in [1.82, 2.24) is 4.72 Å². The zero-order chi connectivity index (χ0) is 13.6. The minimum absolute atomic E-state index is 0.156. The smallest absolute Gasteiger partial charge is 0.208 e. The first kappa shape index (κ1) is 13.1. The third-order valence-electron chi connectivity index (χ3n) is 4.68. The van der Waals surface area contributed by atoms with E-state index in [0.717, 1.165) is 23.5 Å². The molecule has 2 aliphatic rings. The number of aryl methyl sites for hydroxylation is 2. The van der Waals surface area contributed by atoms with Crippen LogP contribution in [0.3, 0.4) is 0 Å². The van der Waals surface area contributed by atoms with Crippen LogP contribution in [0.1, 0.15) is 36.8 Å². The van der Waals surface area contributed by atoms with Crippen LogP contribution in [0.5, 0.6) is 0 Å². The lowest BCUT2D eigenvalue weighted by Gasteiger charge is -2.23. The molecular weight excluding hydrogens is 258 g/mol. The van der Waals surface area contributed by atoms with Crippen molar-refractivity contribution < 1.29 is 8.42 Å². The van der Waals surface area contributed by atoms with E-state index in [1.54, 1.807) is 6.07 Å². The monoisotopic (exact) mass is 279 g/mol. The Labute approximate surface area is 115 Å². The van der Waals surface area contributed by atoms with Crippen molar-refractivity contribution in [2.45, 2.75) is 50.5 Å². The van der Waals surface area contributed by atoms with E-state index in [2.05, 4.69) is 4.72 Å². The first-order valence-electron chi connectivity index (χ1n) is 7.05. The van der Waals surface area contributed by atoms with Gasteiger partial charge in [-0.1, -0.05) is 18.6 Å². The second-order valence-corrected chi connectivity index (χ2v) is 7.85. The zero-order valence-corrected chi connectivity index (χ0v) is 12.3. The summed E-state index contributed by atoms with van der Waals surface area (Å²) in [6.07, 6.45) is 4.70. The Bertz CT molecular complexity index is 594. The number of fused-ring (bicyclic) bond motifs is 2. The summed E-state index contributed by atoms with van der Waals surface area (Å²) < 4.78 is 28.0. The zero-order valence-electron chi connectivity index (χ0n) is 11.5. The Morgan fingerprint density at radius 1 is 1.16 bits per heavy atom. The molecule has 0 saturated heterocycles. The van der Waals surface area contributed by atoms with Gasteiger partial charge in [-0.3, -0.25) is 0 Å². The van der Waals surface area contributed by atoms with Crippen LogP contribution in [0.4, 0.5) is 0 Å². The van der Waals surface area contributed by atoms with Crippen molar-refractivity contribution in [3.05, 3.63) is 29.3 Å². The van der Waals surface area contributed by atoms with Gasteiger partial charge in [0.1, 0.15) is 0 Å². The van der Waals surface area contributed by atoms with Crippen molar-refractivity contribution in [1.29, 1.82) is 0 Å². The molecule has 2 bridgehead atoms. The Kier molecular flexibility index (Phi) is 3.18. The predicted molar refractivity (Wildman–Crippen MR) is 75.5 cm³/mol. The first-order valence-corrected chi connectivity index (χ1v) is 8.53. The summed E-state index contributed by atoms with van der Waals surface area (Å²) in [6.45, 7) is 3.78. The third-order valence-corrected chi connectivity index (χ3v) is 6.31. The highest BCUT2D eigenvalue weighted by molar-refractivity contribution is 7.89. The van der Waals surface area contributed by atoms with E-state index in [9.17, 15) is 8.42 Å². The van der Waals surface area contributed by atoms with E-state index in [0.29, 0.717) is 10.8 Å². The molecule has 1 N–H and O–H groups in total. The summed E-state index contributed by atoms with van der Waals surface area (Å²) in [7, 11) is -3.37. The van der Waals surface area contributed by atoms with Gasteiger partial charge in [0, 0.05) is 6.04 Å². The van der Waals surface area contributed by atoms with E-state index in [4.69, 9.17) is 0 Å². The molecule has 3 nitrogen and oxygen atoms in total. The number of hydrogen-bond donors (Lipinski definition) is 1. The van der Waals surface area contributed by atoms with Crippen molar-refractivity contribution >= 4 is 10.0 Å². The molecule has 0 radical (unpaired) electrons. The van der Waals surface area contributed by atoms with Gasteiger partial charge in [0.05, 0.1) is 4.90 Å². The molecule has 0 aromatic heterocycles. The van der Waals surface area contributed by atoms with Gasteiger partial charge < -0.3 is 0 Å². The van der Waals surface area contributed by atoms with E-state index in [1.165, 1.54) is 19.3 Å². The fraction of sp³-hybridized carbons (Fsp3) is 0.600. The van der Waals surface area contributed by atoms with Gasteiger partial charge in [-0.15, -0.1) is 0 Å². The molecule has 0 unspecified atom stereocenters. The predicted octanol–water partition coefficient (Wildman–Crippen LogP) is 2.77. The Morgan fingerprint density at radius 3 is 2.58 bits per heavy atom. The van der Waals surface area contributed by atoms with E-state index in [-0.39, 0.29) is 6.04 Å². The fourth-order valence-electron chi connectivity index (χ4n) is 3.65. The van der Waals surface area contributed by atoms with Crippen LogP contribution < -0.4 is 4.72 Å². The highest BCUT2D eigenvalue weighted by atomic mass is 32.2. The van der Waals surface area contributed by atoms with Gasteiger partial charge in [-0.2, -0.15) is 0 Å². The van der Waals surface area contributed by atoms with Crippen molar-refractivity contribution in [3.63, 3.8) is 0 Å². The van der Waals surface area contributed by atoms with Gasteiger partial charge in [-0.25, -0.2) is 13.1 Å². The average molecular weight is 279 g/mol. The number of hydrogen-bond acceptors (Lipinski definition) is 2. The van der Waals surface area contributed by atoms with Crippen molar-refractivity contribution in [2.75, 3.05) is 0 Å². The molecule has 0 aliphatic heterocycles. The van der Waals surface area contributed by atoms with Crippen LogP contribution in [-0.4, -0.2) is 14.5 Å². The molecule has 4 heteroatoms. The molecule has 104 valence electrons. The van der Waals surface area contributed by atoms with Crippen molar-refractivity contribution in [3.8, 4) is 0 Å². The molecule has 2 aliphatic carbocycles. The molecular formula is C15H21NO2S. The van der Waals surface area contributed by atoms with Crippen molar-refractivity contribution in [2.24, 2.45) is 11.8 Å². The minimum atomic E-state index is -3.37. The van der Waals surface area contributed by atoms with Crippen LogP contribution in [0, 0.1) is 25.7 Å². The second-order valence-electron chi connectivity index (χ2n) is 6.17. The van der Waals surface area contributed by atoms with Gasteiger partial charge >= 0.3 is 0 Å². The van der Waals surface area contributed by atoms with Crippen LogP contribution in [0.2, 0.25) is 0 Å². The topological polar surface area (TPSA) is 46.2 Å². The molecule has 0 spiro atoms. The molecule has 0 heterocycles. The Balaban J connectivity index is 1.85. The second kappa shape index (κ2) is 4.60. The van der Waals surface area contributed by atoms with Crippen LogP contribution in [-0.2, 0) is 10.0 Å². The lowest BCUT2D eigenvalue weighted by atomic mass is 9.96. The SMILES string of the molecule is Cc1ccc(C)c(S(=O)(=O)N[C@@H]2C[C@H]3CC[C@@H]2C3)c1. The Morgan fingerprint density at radius 2 is 1.95 bits per heavy atom. The van der Waals surface area contributed by atoms with Crippen LogP contribution in [0.15, 0.2) is 23.1 Å². The number of sulfonamides is 1. The molecule has 2 fully saturated rings. The molecule has 3 atom stereocenters. The largest absolute Gasteiger partial charge is 0.241 e. The lowest BCUT2D eigenvalue weighted by Crippen LogP contribution is -2.38. The minimum Gasteiger partial charge on any atom is -0.208 e. The van der Waals surface area contributed by atoms with Gasteiger partial charge in [0.25, 0.3) is 0 Å². The number of rotatable bonds is 3. The maximum Gasteiger partial charge on any atom is 0.241 e. The number of nitrogens with one attached hydrogen (secondary N) is 1. The quantitative estimate of drug-likeness (QED) is 0.924. The Hall–Kier alpha value is -0.870. The summed E-state index contributed by atoms with van der Waals surface area (Å²) in [5.41, 5.74) is 1.81. The van der Waals surface area contributed by atoms with Crippen LogP contribution in [0.25, 0.3) is 0 Å². The summed E-state index contributed by atoms with van der Waals surface area (Å²) in [6, 6.07) is 5.75. The third kappa shape index (κ3) is 2.43. The fourth-order valence-corrected chi connectivity index (χ4v) is 5.30. The van der Waals surface area contributed by atoms with Gasteiger partial charge in [-0.05, 0) is 62.1 Å². The van der Waals surface area contributed by atoms with E-state index in [1.807, 2.05) is 26.0 Å².